The first-order chi connectivity index (χ1) is 6.81. The molecule has 1 aromatic heterocycles. The minimum atomic E-state index is 0.736. The Hall–Kier alpha value is -0.860. The monoisotopic (exact) mass is 206 g/mol. The van der Waals surface area contributed by atoms with Crippen LogP contribution in [0.1, 0.15) is 18.1 Å². The average molecular weight is 206 g/mol. The SMILES string of the molecule is CCOCc1csc2cc(C)ccc12. The van der Waals surface area contributed by atoms with Crippen LogP contribution in [-0.2, 0) is 11.3 Å². The van der Waals surface area contributed by atoms with Gasteiger partial charge < -0.3 is 4.74 Å². The van der Waals surface area contributed by atoms with Crippen molar-refractivity contribution < 1.29 is 4.74 Å². The van der Waals surface area contributed by atoms with E-state index in [2.05, 4.69) is 30.5 Å². The fourth-order valence-corrected chi connectivity index (χ4v) is 2.56. The van der Waals surface area contributed by atoms with E-state index >= 15 is 0 Å². The molecule has 2 rings (SSSR count). The molecule has 2 aromatic rings. The van der Waals surface area contributed by atoms with Crippen LogP contribution in [-0.4, -0.2) is 6.61 Å². The van der Waals surface area contributed by atoms with E-state index in [1.807, 2.05) is 6.92 Å². The van der Waals surface area contributed by atoms with Crippen LogP contribution in [0.25, 0.3) is 10.1 Å². The first-order valence-electron chi connectivity index (χ1n) is 4.85. The Balaban J connectivity index is 2.37. The third kappa shape index (κ3) is 1.81. The van der Waals surface area contributed by atoms with Gasteiger partial charge in [-0.15, -0.1) is 11.3 Å². The van der Waals surface area contributed by atoms with Crippen molar-refractivity contribution in [3.63, 3.8) is 0 Å². The van der Waals surface area contributed by atoms with Gasteiger partial charge in [-0.05, 0) is 41.8 Å². The lowest BCUT2D eigenvalue weighted by Gasteiger charge is -1.99. The molecule has 0 N–H and O–H groups in total. The molecule has 0 amide bonds. The molecule has 1 nitrogen and oxygen atoms in total. The van der Waals surface area contributed by atoms with Crippen LogP contribution in [0.5, 0.6) is 0 Å². The van der Waals surface area contributed by atoms with Gasteiger partial charge in [0.1, 0.15) is 0 Å². The molecule has 0 aliphatic heterocycles. The van der Waals surface area contributed by atoms with E-state index in [1.165, 1.54) is 21.2 Å². The molecular weight excluding hydrogens is 192 g/mol. The van der Waals surface area contributed by atoms with Gasteiger partial charge in [-0.25, -0.2) is 0 Å². The van der Waals surface area contributed by atoms with Crippen molar-refractivity contribution in [2.24, 2.45) is 0 Å². The first-order valence-corrected chi connectivity index (χ1v) is 5.73. The highest BCUT2D eigenvalue weighted by atomic mass is 32.1. The normalized spacial score (nSPS) is 11.0. The Morgan fingerprint density at radius 3 is 3.00 bits per heavy atom. The molecule has 14 heavy (non-hydrogen) atoms. The van der Waals surface area contributed by atoms with E-state index in [0.29, 0.717) is 0 Å². The number of aryl methyl sites for hydroxylation is 1. The zero-order chi connectivity index (χ0) is 9.97. The Kier molecular flexibility index (Phi) is 2.85. The van der Waals surface area contributed by atoms with Gasteiger partial charge >= 0.3 is 0 Å². The van der Waals surface area contributed by atoms with Crippen molar-refractivity contribution in [1.82, 2.24) is 0 Å². The Morgan fingerprint density at radius 2 is 2.21 bits per heavy atom. The Bertz CT molecular complexity index is 431. The standard InChI is InChI=1S/C12H14OS/c1-3-13-7-10-8-14-12-6-9(2)4-5-11(10)12/h4-6,8H,3,7H2,1-2H3. The number of ether oxygens (including phenoxy) is 1. The lowest BCUT2D eigenvalue weighted by Crippen LogP contribution is -1.89. The molecule has 74 valence electrons. The largest absolute Gasteiger partial charge is 0.377 e. The molecule has 2 heteroatoms. The number of thiophene rings is 1. The predicted molar refractivity (Wildman–Crippen MR) is 61.9 cm³/mol. The molecule has 0 spiro atoms. The highest BCUT2D eigenvalue weighted by Gasteiger charge is 2.03. The number of rotatable bonds is 3. The number of hydrogen-bond donors (Lipinski definition) is 0. The summed E-state index contributed by atoms with van der Waals surface area (Å²) in [4.78, 5) is 0. The molecule has 0 atom stereocenters. The summed E-state index contributed by atoms with van der Waals surface area (Å²) in [5, 5.41) is 3.54. The van der Waals surface area contributed by atoms with Crippen molar-refractivity contribution in [1.29, 1.82) is 0 Å². The van der Waals surface area contributed by atoms with Crippen LogP contribution in [0.15, 0.2) is 23.6 Å². The molecule has 0 unspecified atom stereocenters. The van der Waals surface area contributed by atoms with Crippen LogP contribution in [0, 0.1) is 6.92 Å². The van der Waals surface area contributed by atoms with Gasteiger partial charge in [0.15, 0.2) is 0 Å². The predicted octanol–water partition coefficient (Wildman–Crippen LogP) is 3.75. The second kappa shape index (κ2) is 4.11. The second-order valence-electron chi connectivity index (χ2n) is 3.40. The lowest BCUT2D eigenvalue weighted by molar-refractivity contribution is 0.135. The summed E-state index contributed by atoms with van der Waals surface area (Å²) in [5.74, 6) is 0. The summed E-state index contributed by atoms with van der Waals surface area (Å²) in [6.07, 6.45) is 0. The van der Waals surface area contributed by atoms with Gasteiger partial charge in [0.25, 0.3) is 0 Å². The van der Waals surface area contributed by atoms with Gasteiger partial charge in [0.05, 0.1) is 6.61 Å². The minimum Gasteiger partial charge on any atom is -0.377 e. The topological polar surface area (TPSA) is 9.23 Å². The quantitative estimate of drug-likeness (QED) is 0.743. The van der Waals surface area contributed by atoms with E-state index in [4.69, 9.17) is 4.74 Å². The van der Waals surface area contributed by atoms with E-state index in [9.17, 15) is 0 Å². The second-order valence-corrected chi connectivity index (χ2v) is 4.31. The van der Waals surface area contributed by atoms with Crippen molar-refractivity contribution in [2.75, 3.05) is 6.61 Å². The maximum atomic E-state index is 5.42. The third-order valence-electron chi connectivity index (χ3n) is 2.27. The molecule has 0 aliphatic rings. The van der Waals surface area contributed by atoms with Crippen LogP contribution in [0.4, 0.5) is 0 Å². The summed E-state index contributed by atoms with van der Waals surface area (Å²) < 4.78 is 6.78. The lowest BCUT2D eigenvalue weighted by atomic mass is 10.1. The zero-order valence-corrected chi connectivity index (χ0v) is 9.36. The highest BCUT2D eigenvalue weighted by molar-refractivity contribution is 7.17. The Morgan fingerprint density at radius 1 is 1.36 bits per heavy atom. The molecule has 0 aliphatic carbocycles. The van der Waals surface area contributed by atoms with Gasteiger partial charge in [-0.3, -0.25) is 0 Å². The summed E-state index contributed by atoms with van der Waals surface area (Å²) >= 11 is 1.80. The smallest absolute Gasteiger partial charge is 0.0730 e. The molecule has 0 saturated carbocycles. The van der Waals surface area contributed by atoms with Crippen LogP contribution in [0.3, 0.4) is 0 Å². The van der Waals surface area contributed by atoms with Crippen molar-refractivity contribution in [3.8, 4) is 0 Å². The summed E-state index contributed by atoms with van der Waals surface area (Å²) in [6, 6.07) is 6.58. The number of hydrogen-bond acceptors (Lipinski definition) is 2. The van der Waals surface area contributed by atoms with Gasteiger partial charge in [-0.2, -0.15) is 0 Å². The molecule has 0 fully saturated rings. The zero-order valence-electron chi connectivity index (χ0n) is 8.54. The molecule has 1 aromatic carbocycles. The average Bonchev–Trinajstić information content (AvgIpc) is 2.57. The molecule has 0 bridgehead atoms. The summed E-state index contributed by atoms with van der Waals surface area (Å²) in [6.45, 7) is 5.67. The van der Waals surface area contributed by atoms with Gasteiger partial charge in [0.2, 0.25) is 0 Å². The summed E-state index contributed by atoms with van der Waals surface area (Å²) in [5.41, 5.74) is 2.63. The third-order valence-corrected chi connectivity index (χ3v) is 3.27. The summed E-state index contributed by atoms with van der Waals surface area (Å²) in [7, 11) is 0. The Labute approximate surface area is 88.3 Å². The molecular formula is C12H14OS. The fraction of sp³-hybridized carbons (Fsp3) is 0.333. The van der Waals surface area contributed by atoms with Gasteiger partial charge in [0, 0.05) is 11.3 Å². The maximum absolute atomic E-state index is 5.42. The van der Waals surface area contributed by atoms with E-state index in [-0.39, 0.29) is 0 Å². The van der Waals surface area contributed by atoms with Crippen molar-refractivity contribution in [2.45, 2.75) is 20.5 Å². The van der Waals surface area contributed by atoms with E-state index in [1.54, 1.807) is 11.3 Å². The van der Waals surface area contributed by atoms with Crippen LogP contribution >= 0.6 is 11.3 Å². The number of fused-ring (bicyclic) bond motifs is 1. The van der Waals surface area contributed by atoms with Crippen LogP contribution in [0.2, 0.25) is 0 Å². The molecule has 1 heterocycles. The first kappa shape index (κ1) is 9.69. The van der Waals surface area contributed by atoms with E-state index in [0.717, 1.165) is 13.2 Å². The molecule has 0 radical (unpaired) electrons. The van der Waals surface area contributed by atoms with Crippen molar-refractivity contribution >= 4 is 21.4 Å². The maximum Gasteiger partial charge on any atom is 0.0730 e. The van der Waals surface area contributed by atoms with Crippen LogP contribution < -0.4 is 0 Å². The minimum absolute atomic E-state index is 0.736. The van der Waals surface area contributed by atoms with E-state index < -0.39 is 0 Å². The fourth-order valence-electron chi connectivity index (χ4n) is 1.51. The highest BCUT2D eigenvalue weighted by Crippen LogP contribution is 2.27. The number of benzene rings is 1. The van der Waals surface area contributed by atoms with Crippen molar-refractivity contribution in [3.05, 3.63) is 34.7 Å². The van der Waals surface area contributed by atoms with Gasteiger partial charge in [-0.1, -0.05) is 12.1 Å². The molecule has 0 saturated heterocycles.